The zero-order chi connectivity index (χ0) is 29.5. The Morgan fingerprint density at radius 2 is 1.63 bits per heavy atom. The minimum Gasteiger partial charge on any atom is -0.507 e. The lowest BCUT2D eigenvalue weighted by atomic mass is 9.94. The molecule has 4 rings (SSSR count). The molecule has 214 valence electrons. The van der Waals surface area contributed by atoms with E-state index in [1.807, 2.05) is 45.0 Å². The van der Waals surface area contributed by atoms with Crippen LogP contribution in [0.5, 0.6) is 5.75 Å². The van der Waals surface area contributed by atoms with Gasteiger partial charge in [-0.05, 0) is 73.4 Å². The van der Waals surface area contributed by atoms with E-state index in [4.69, 9.17) is 9.47 Å². The van der Waals surface area contributed by atoms with Gasteiger partial charge >= 0.3 is 5.97 Å². The summed E-state index contributed by atoms with van der Waals surface area (Å²) in [6.45, 7) is 8.86. The maximum absolute atomic E-state index is 13.5. The van der Waals surface area contributed by atoms with E-state index in [1.165, 1.54) is 4.90 Å². The Morgan fingerprint density at radius 1 is 0.951 bits per heavy atom. The van der Waals surface area contributed by atoms with E-state index in [2.05, 4.69) is 6.92 Å². The molecule has 3 aromatic carbocycles. The van der Waals surface area contributed by atoms with Gasteiger partial charge < -0.3 is 14.6 Å². The number of amides is 1. The number of esters is 1. The van der Waals surface area contributed by atoms with Gasteiger partial charge in [0.1, 0.15) is 11.5 Å². The van der Waals surface area contributed by atoms with Crippen LogP contribution in [0.15, 0.2) is 78.4 Å². The molecule has 1 atom stereocenters. The number of unbranched alkanes of at least 4 members (excludes halogenated alkanes) is 2. The summed E-state index contributed by atoms with van der Waals surface area (Å²) in [5.74, 6) is -1.39. The highest BCUT2D eigenvalue weighted by molar-refractivity contribution is 6.51. The Bertz CT molecular complexity index is 1420. The molecule has 1 aliphatic heterocycles. The summed E-state index contributed by atoms with van der Waals surface area (Å²) in [6.07, 6.45) is 3.14. The summed E-state index contributed by atoms with van der Waals surface area (Å²) in [7, 11) is 0. The summed E-state index contributed by atoms with van der Waals surface area (Å²) >= 11 is 0. The molecule has 3 aromatic rings. The van der Waals surface area contributed by atoms with Gasteiger partial charge in [-0.15, -0.1) is 0 Å². The number of rotatable bonds is 11. The first kappa shape index (κ1) is 29.6. The van der Waals surface area contributed by atoms with Crippen molar-refractivity contribution in [1.29, 1.82) is 0 Å². The fraction of sp³-hybridized carbons (Fsp3) is 0.324. The average molecular weight is 556 g/mol. The molecule has 1 amide bonds. The molecule has 0 aliphatic carbocycles. The molecule has 0 saturated carbocycles. The number of ketones is 1. The topological polar surface area (TPSA) is 93.1 Å². The number of hydrogen-bond donors (Lipinski definition) is 1. The van der Waals surface area contributed by atoms with Gasteiger partial charge in [-0.1, -0.05) is 63.4 Å². The lowest BCUT2D eigenvalue weighted by Gasteiger charge is -2.26. The molecule has 41 heavy (non-hydrogen) atoms. The molecule has 7 heteroatoms. The van der Waals surface area contributed by atoms with E-state index in [-0.39, 0.29) is 17.3 Å². The van der Waals surface area contributed by atoms with E-state index >= 15 is 0 Å². The fourth-order valence-corrected chi connectivity index (χ4v) is 4.74. The smallest absolute Gasteiger partial charge is 0.338 e. The van der Waals surface area contributed by atoms with Gasteiger partial charge in [0, 0.05) is 11.3 Å². The number of ether oxygens (including phenoxy) is 2. The molecule has 0 spiro atoms. The highest BCUT2D eigenvalue weighted by atomic mass is 16.5. The Kier molecular flexibility index (Phi) is 9.61. The Labute approximate surface area is 241 Å². The minimum absolute atomic E-state index is 0.00219. The lowest BCUT2D eigenvalue weighted by molar-refractivity contribution is -0.132. The summed E-state index contributed by atoms with van der Waals surface area (Å²) in [5, 5.41) is 11.4. The summed E-state index contributed by atoms with van der Waals surface area (Å²) < 4.78 is 11.1. The zero-order valence-electron chi connectivity index (χ0n) is 24.1. The number of aliphatic hydroxyl groups is 1. The Hall–Kier alpha value is -4.39. The Morgan fingerprint density at radius 3 is 2.27 bits per heavy atom. The highest BCUT2D eigenvalue weighted by Gasteiger charge is 2.47. The van der Waals surface area contributed by atoms with Crippen molar-refractivity contribution >= 4 is 29.1 Å². The van der Waals surface area contributed by atoms with Gasteiger partial charge in [-0.25, -0.2) is 4.79 Å². The monoisotopic (exact) mass is 555 g/mol. The van der Waals surface area contributed by atoms with E-state index in [1.54, 1.807) is 48.5 Å². The number of aliphatic hydroxyl groups excluding tert-OH is 1. The summed E-state index contributed by atoms with van der Waals surface area (Å²) in [4.78, 5) is 40.7. The molecule has 0 radical (unpaired) electrons. The highest BCUT2D eigenvalue weighted by Crippen LogP contribution is 2.42. The SMILES string of the molecule is CCCCCOc1ccc(/C(O)=C2\C(=O)C(=O)N(c3ccc(C(=O)OCC(C)C)cc3)C2c2cccc(C)c2)cc1. The third-order valence-corrected chi connectivity index (χ3v) is 6.88. The van der Waals surface area contributed by atoms with Crippen LogP contribution in [-0.2, 0) is 14.3 Å². The van der Waals surface area contributed by atoms with Crippen LogP contribution in [0.25, 0.3) is 5.76 Å². The van der Waals surface area contributed by atoms with Crippen LogP contribution in [0.3, 0.4) is 0 Å². The molecule has 1 saturated heterocycles. The second kappa shape index (κ2) is 13.3. The lowest BCUT2D eigenvalue weighted by Crippen LogP contribution is -2.29. The molecule has 1 heterocycles. The first-order valence-electron chi connectivity index (χ1n) is 14.1. The first-order chi connectivity index (χ1) is 19.7. The van der Waals surface area contributed by atoms with Gasteiger partial charge in [0.05, 0.1) is 30.4 Å². The van der Waals surface area contributed by atoms with Crippen LogP contribution in [-0.4, -0.2) is 36.0 Å². The van der Waals surface area contributed by atoms with Crippen LogP contribution in [0.2, 0.25) is 0 Å². The van der Waals surface area contributed by atoms with Crippen molar-refractivity contribution in [3.8, 4) is 5.75 Å². The molecule has 1 fully saturated rings. The molecule has 0 aromatic heterocycles. The minimum atomic E-state index is -0.862. The van der Waals surface area contributed by atoms with Crippen molar-refractivity contribution in [3.63, 3.8) is 0 Å². The average Bonchev–Trinajstić information content (AvgIpc) is 3.24. The number of nitrogens with zero attached hydrogens (tertiary/aromatic N) is 1. The van der Waals surface area contributed by atoms with Crippen LogP contribution >= 0.6 is 0 Å². The second-order valence-corrected chi connectivity index (χ2v) is 10.7. The van der Waals surface area contributed by atoms with E-state index in [9.17, 15) is 19.5 Å². The molecular weight excluding hydrogens is 518 g/mol. The van der Waals surface area contributed by atoms with E-state index < -0.39 is 23.7 Å². The predicted octanol–water partition coefficient (Wildman–Crippen LogP) is 7.00. The number of benzene rings is 3. The van der Waals surface area contributed by atoms with Crippen molar-refractivity contribution in [2.24, 2.45) is 5.92 Å². The van der Waals surface area contributed by atoms with E-state index in [0.29, 0.717) is 41.3 Å². The standard InChI is InChI=1S/C34H37NO6/c1-5-6-7-19-40-28-17-13-24(14-18-28)31(36)29-30(26-10-8-9-23(4)20-26)35(33(38)32(29)37)27-15-11-25(12-16-27)34(39)41-21-22(2)3/h8-18,20,22,30,36H,5-7,19,21H2,1-4H3/b31-29+. The van der Waals surface area contributed by atoms with Gasteiger partial charge in [0.15, 0.2) is 0 Å². The van der Waals surface area contributed by atoms with Gasteiger partial charge in [-0.3, -0.25) is 14.5 Å². The third-order valence-electron chi connectivity index (χ3n) is 6.88. The molecular formula is C34H37NO6. The quantitative estimate of drug-likeness (QED) is 0.0900. The maximum atomic E-state index is 13.5. The summed E-state index contributed by atoms with van der Waals surface area (Å²) in [6, 6.07) is 19.9. The van der Waals surface area contributed by atoms with E-state index in [0.717, 1.165) is 24.8 Å². The largest absolute Gasteiger partial charge is 0.507 e. The molecule has 7 nitrogen and oxygen atoms in total. The van der Waals surface area contributed by atoms with Crippen LogP contribution in [0.1, 0.15) is 73.1 Å². The number of Topliss-reactive ketones (excluding diaryl/α,β-unsaturated/α-hetero) is 1. The molecule has 1 unspecified atom stereocenters. The number of hydrogen-bond acceptors (Lipinski definition) is 6. The van der Waals surface area contributed by atoms with Gasteiger partial charge in [0.2, 0.25) is 0 Å². The van der Waals surface area contributed by atoms with Crippen molar-refractivity contribution in [2.45, 2.75) is 53.0 Å². The zero-order valence-corrected chi connectivity index (χ0v) is 24.1. The molecule has 1 aliphatic rings. The first-order valence-corrected chi connectivity index (χ1v) is 14.1. The van der Waals surface area contributed by atoms with Crippen molar-refractivity contribution in [1.82, 2.24) is 0 Å². The number of anilines is 1. The summed E-state index contributed by atoms with van der Waals surface area (Å²) in [5.41, 5.74) is 2.80. The second-order valence-electron chi connectivity index (χ2n) is 10.7. The normalized spacial score (nSPS) is 16.3. The van der Waals surface area contributed by atoms with Crippen LogP contribution < -0.4 is 9.64 Å². The van der Waals surface area contributed by atoms with Gasteiger partial charge in [-0.2, -0.15) is 0 Å². The predicted molar refractivity (Wildman–Crippen MR) is 159 cm³/mol. The number of aryl methyl sites for hydroxylation is 1. The maximum Gasteiger partial charge on any atom is 0.338 e. The fourth-order valence-electron chi connectivity index (χ4n) is 4.74. The molecule has 1 N–H and O–H groups in total. The number of carbonyl (C=O) groups excluding carboxylic acids is 3. The van der Waals surface area contributed by atoms with Crippen molar-refractivity contribution < 1.29 is 29.0 Å². The van der Waals surface area contributed by atoms with Crippen molar-refractivity contribution in [2.75, 3.05) is 18.1 Å². The Balaban J connectivity index is 1.70. The van der Waals surface area contributed by atoms with Crippen LogP contribution in [0.4, 0.5) is 5.69 Å². The number of carbonyl (C=O) groups is 3. The van der Waals surface area contributed by atoms with Gasteiger partial charge in [0.25, 0.3) is 11.7 Å². The van der Waals surface area contributed by atoms with Crippen molar-refractivity contribution in [3.05, 3.63) is 101 Å². The van der Waals surface area contributed by atoms with Crippen LogP contribution in [0, 0.1) is 12.8 Å². The third kappa shape index (κ3) is 6.85. The molecule has 0 bridgehead atoms.